The van der Waals surface area contributed by atoms with Gasteiger partial charge in [0, 0.05) is 25.2 Å². The molecule has 2 aliphatic heterocycles. The quantitative estimate of drug-likeness (QED) is 0.771. The van der Waals surface area contributed by atoms with Gasteiger partial charge in [0.15, 0.2) is 0 Å². The van der Waals surface area contributed by atoms with Crippen molar-refractivity contribution in [2.75, 3.05) is 53.0 Å². The van der Waals surface area contributed by atoms with E-state index in [1.54, 1.807) is 7.11 Å². The van der Waals surface area contributed by atoms with Crippen LogP contribution >= 0.6 is 0 Å². The molecule has 0 aliphatic carbocycles. The molecule has 2 saturated heterocycles. The number of methoxy groups -OCH3 is 1. The van der Waals surface area contributed by atoms with Crippen molar-refractivity contribution in [3.8, 4) is 5.75 Å². The number of hydrogen-bond donors (Lipinski definition) is 0. The Labute approximate surface area is 140 Å². The van der Waals surface area contributed by atoms with Crippen molar-refractivity contribution in [3.63, 3.8) is 0 Å². The van der Waals surface area contributed by atoms with E-state index in [9.17, 15) is 0 Å². The van der Waals surface area contributed by atoms with Crippen LogP contribution < -0.4 is 4.74 Å². The molecule has 0 bridgehead atoms. The molecule has 0 aromatic heterocycles. The summed E-state index contributed by atoms with van der Waals surface area (Å²) in [4.78, 5) is 5.05. The van der Waals surface area contributed by atoms with Gasteiger partial charge in [-0.1, -0.05) is 12.1 Å². The van der Waals surface area contributed by atoms with Crippen LogP contribution in [0.5, 0.6) is 5.75 Å². The largest absolute Gasteiger partial charge is 0.496 e. The predicted octanol–water partition coefficient (Wildman–Crippen LogP) is 2.56. The fourth-order valence-electron chi connectivity index (χ4n) is 3.62. The Balaban J connectivity index is 1.53. The van der Waals surface area contributed by atoms with Gasteiger partial charge in [0.25, 0.3) is 0 Å². The van der Waals surface area contributed by atoms with Crippen LogP contribution in [0, 0.1) is 0 Å². The zero-order chi connectivity index (χ0) is 15.9. The maximum absolute atomic E-state index is 5.56. The Morgan fingerprint density at radius 3 is 2.57 bits per heavy atom. The van der Waals surface area contributed by atoms with Crippen LogP contribution in [-0.2, 0) is 17.7 Å². The number of aryl methyl sites for hydroxylation is 1. The minimum Gasteiger partial charge on any atom is -0.496 e. The summed E-state index contributed by atoms with van der Waals surface area (Å²) >= 11 is 0. The standard InChI is InChI=1S/C19H30N2O2/c1-22-19-7-6-17(5-4-10-20-11-13-23-14-12-20)15-18(19)16-21-8-2-3-9-21/h6-7,15H,2-5,8-14,16H2,1H3. The highest BCUT2D eigenvalue weighted by Crippen LogP contribution is 2.24. The van der Waals surface area contributed by atoms with Crippen molar-refractivity contribution < 1.29 is 9.47 Å². The van der Waals surface area contributed by atoms with Crippen LogP contribution in [0.4, 0.5) is 0 Å². The van der Waals surface area contributed by atoms with Crippen LogP contribution in [0.25, 0.3) is 0 Å². The van der Waals surface area contributed by atoms with E-state index in [4.69, 9.17) is 9.47 Å². The van der Waals surface area contributed by atoms with Crippen molar-refractivity contribution >= 4 is 0 Å². The van der Waals surface area contributed by atoms with Crippen LogP contribution in [0.15, 0.2) is 18.2 Å². The lowest BCUT2D eigenvalue weighted by molar-refractivity contribution is 0.0374. The Morgan fingerprint density at radius 2 is 1.83 bits per heavy atom. The molecule has 0 N–H and O–H groups in total. The first-order valence-electron chi connectivity index (χ1n) is 9.03. The highest BCUT2D eigenvalue weighted by Gasteiger charge is 2.15. The second-order valence-corrected chi connectivity index (χ2v) is 6.69. The molecule has 3 rings (SSSR count). The summed E-state index contributed by atoms with van der Waals surface area (Å²) in [5.41, 5.74) is 2.78. The third-order valence-electron chi connectivity index (χ3n) is 4.98. The summed E-state index contributed by atoms with van der Waals surface area (Å²) in [7, 11) is 1.78. The molecule has 2 aliphatic rings. The maximum Gasteiger partial charge on any atom is 0.123 e. The van der Waals surface area contributed by atoms with Crippen LogP contribution in [0.1, 0.15) is 30.4 Å². The molecule has 0 unspecified atom stereocenters. The average Bonchev–Trinajstić information content (AvgIpc) is 3.09. The van der Waals surface area contributed by atoms with Crippen LogP contribution in [-0.4, -0.2) is 62.8 Å². The minimum absolute atomic E-state index is 0.891. The van der Waals surface area contributed by atoms with Crippen molar-refractivity contribution in [1.82, 2.24) is 9.80 Å². The number of benzene rings is 1. The van der Waals surface area contributed by atoms with Gasteiger partial charge in [-0.2, -0.15) is 0 Å². The van der Waals surface area contributed by atoms with Gasteiger partial charge in [0.1, 0.15) is 5.75 Å². The van der Waals surface area contributed by atoms with E-state index in [0.29, 0.717) is 0 Å². The molecular formula is C19H30N2O2. The molecule has 1 aromatic carbocycles. The van der Waals surface area contributed by atoms with E-state index >= 15 is 0 Å². The number of likely N-dealkylation sites (tertiary alicyclic amines) is 1. The second-order valence-electron chi connectivity index (χ2n) is 6.69. The minimum atomic E-state index is 0.891. The zero-order valence-electron chi connectivity index (χ0n) is 14.4. The normalized spacial score (nSPS) is 20.0. The zero-order valence-corrected chi connectivity index (χ0v) is 14.4. The first-order valence-corrected chi connectivity index (χ1v) is 9.03. The smallest absolute Gasteiger partial charge is 0.123 e. The van der Waals surface area contributed by atoms with Crippen molar-refractivity contribution in [2.45, 2.75) is 32.2 Å². The van der Waals surface area contributed by atoms with Gasteiger partial charge in [0.05, 0.1) is 20.3 Å². The lowest BCUT2D eigenvalue weighted by atomic mass is 10.0. The van der Waals surface area contributed by atoms with Gasteiger partial charge < -0.3 is 9.47 Å². The molecule has 0 amide bonds. The molecule has 23 heavy (non-hydrogen) atoms. The first-order chi connectivity index (χ1) is 11.3. The van der Waals surface area contributed by atoms with E-state index in [2.05, 4.69) is 28.0 Å². The van der Waals surface area contributed by atoms with Crippen molar-refractivity contribution in [3.05, 3.63) is 29.3 Å². The van der Waals surface area contributed by atoms with E-state index in [1.165, 1.54) is 50.0 Å². The van der Waals surface area contributed by atoms with E-state index in [0.717, 1.165) is 45.0 Å². The summed E-state index contributed by atoms with van der Waals surface area (Å²) in [6, 6.07) is 6.73. The summed E-state index contributed by atoms with van der Waals surface area (Å²) in [5, 5.41) is 0. The molecule has 1 aromatic rings. The molecule has 0 saturated carbocycles. The third-order valence-corrected chi connectivity index (χ3v) is 4.98. The summed E-state index contributed by atoms with van der Waals surface area (Å²) < 4.78 is 11.0. The molecule has 4 nitrogen and oxygen atoms in total. The SMILES string of the molecule is COc1ccc(CCCN2CCOCC2)cc1CN1CCCC1. The van der Waals surface area contributed by atoms with E-state index < -0.39 is 0 Å². The Kier molecular flexibility index (Phi) is 6.31. The van der Waals surface area contributed by atoms with Crippen molar-refractivity contribution in [2.24, 2.45) is 0 Å². The Morgan fingerprint density at radius 1 is 1.04 bits per heavy atom. The highest BCUT2D eigenvalue weighted by atomic mass is 16.5. The first kappa shape index (κ1) is 16.7. The average molecular weight is 318 g/mol. The van der Waals surface area contributed by atoms with Gasteiger partial charge >= 0.3 is 0 Å². The summed E-state index contributed by atoms with van der Waals surface area (Å²) in [5.74, 6) is 1.04. The Hall–Kier alpha value is -1.10. The van der Waals surface area contributed by atoms with Crippen molar-refractivity contribution in [1.29, 1.82) is 0 Å². The number of morpholine rings is 1. The highest BCUT2D eigenvalue weighted by molar-refractivity contribution is 5.37. The monoisotopic (exact) mass is 318 g/mol. The molecule has 0 atom stereocenters. The van der Waals surface area contributed by atoms with Gasteiger partial charge in [-0.3, -0.25) is 9.80 Å². The number of ether oxygens (including phenoxy) is 2. The van der Waals surface area contributed by atoms with Gasteiger partial charge in [0.2, 0.25) is 0 Å². The number of nitrogens with zero attached hydrogens (tertiary/aromatic N) is 2. The lowest BCUT2D eigenvalue weighted by Crippen LogP contribution is -2.36. The molecule has 0 radical (unpaired) electrons. The second kappa shape index (κ2) is 8.67. The van der Waals surface area contributed by atoms with Gasteiger partial charge in [-0.25, -0.2) is 0 Å². The summed E-state index contributed by atoms with van der Waals surface area (Å²) in [6.45, 7) is 8.61. The van der Waals surface area contributed by atoms with E-state index in [-0.39, 0.29) is 0 Å². The lowest BCUT2D eigenvalue weighted by Gasteiger charge is -2.26. The van der Waals surface area contributed by atoms with E-state index in [1.807, 2.05) is 0 Å². The molecule has 2 fully saturated rings. The van der Waals surface area contributed by atoms with Gasteiger partial charge in [-0.15, -0.1) is 0 Å². The maximum atomic E-state index is 5.56. The Bertz CT molecular complexity index is 480. The van der Waals surface area contributed by atoms with Crippen LogP contribution in [0.2, 0.25) is 0 Å². The third kappa shape index (κ3) is 4.93. The topological polar surface area (TPSA) is 24.9 Å². The molecule has 128 valence electrons. The molecule has 2 heterocycles. The number of rotatable bonds is 7. The van der Waals surface area contributed by atoms with Crippen LogP contribution in [0.3, 0.4) is 0 Å². The summed E-state index contributed by atoms with van der Waals surface area (Å²) in [6.07, 6.45) is 5.03. The molecular weight excluding hydrogens is 288 g/mol. The fourth-order valence-corrected chi connectivity index (χ4v) is 3.62. The molecule has 0 spiro atoms. The van der Waals surface area contributed by atoms with Gasteiger partial charge in [-0.05, 0) is 56.9 Å². The molecule has 4 heteroatoms. The predicted molar refractivity (Wildman–Crippen MR) is 93.1 cm³/mol. The fraction of sp³-hybridized carbons (Fsp3) is 0.684. The number of hydrogen-bond acceptors (Lipinski definition) is 4.